The standard InChI is InChI=1S/C12H14N6S/c1-8-4-9(12(13)19)5-10(15-8)17-2-3-18-7-14-16-11(18)6-17/h4-5,7H,2-3,6H2,1H3,(H2,13,19). The number of rotatable bonds is 2. The molecule has 3 heterocycles. The molecule has 2 N–H and O–H groups in total. The van der Waals surface area contributed by atoms with E-state index in [0.29, 0.717) is 11.5 Å². The minimum atomic E-state index is 0.395. The van der Waals surface area contributed by atoms with Gasteiger partial charge < -0.3 is 15.2 Å². The first-order valence-corrected chi connectivity index (χ1v) is 6.44. The molecule has 2 aromatic heterocycles. The zero-order valence-electron chi connectivity index (χ0n) is 10.6. The Bertz CT molecular complexity index is 635. The summed E-state index contributed by atoms with van der Waals surface area (Å²) in [6, 6.07) is 3.83. The summed E-state index contributed by atoms with van der Waals surface area (Å²) in [6.07, 6.45) is 1.76. The molecule has 0 spiro atoms. The Morgan fingerprint density at radius 1 is 1.37 bits per heavy atom. The van der Waals surface area contributed by atoms with Crippen molar-refractivity contribution in [2.24, 2.45) is 5.73 Å². The molecule has 0 amide bonds. The zero-order chi connectivity index (χ0) is 13.4. The summed E-state index contributed by atoms with van der Waals surface area (Å²) in [5.74, 6) is 1.84. The highest BCUT2D eigenvalue weighted by Crippen LogP contribution is 2.19. The number of hydrogen-bond acceptors (Lipinski definition) is 5. The van der Waals surface area contributed by atoms with Gasteiger partial charge in [-0.15, -0.1) is 10.2 Å². The van der Waals surface area contributed by atoms with Gasteiger partial charge in [0, 0.05) is 24.3 Å². The van der Waals surface area contributed by atoms with Crippen LogP contribution >= 0.6 is 12.2 Å². The number of pyridine rings is 1. The number of hydrogen-bond donors (Lipinski definition) is 1. The van der Waals surface area contributed by atoms with Crippen LogP contribution in [0.25, 0.3) is 0 Å². The van der Waals surface area contributed by atoms with E-state index in [2.05, 4.69) is 24.6 Å². The van der Waals surface area contributed by atoms with Crippen molar-refractivity contribution in [3.05, 3.63) is 35.5 Å². The maximum absolute atomic E-state index is 5.70. The Labute approximate surface area is 116 Å². The summed E-state index contributed by atoms with van der Waals surface area (Å²) >= 11 is 5.04. The first-order valence-electron chi connectivity index (χ1n) is 6.03. The third-order valence-electron chi connectivity index (χ3n) is 3.19. The Morgan fingerprint density at radius 2 is 2.21 bits per heavy atom. The molecule has 19 heavy (non-hydrogen) atoms. The van der Waals surface area contributed by atoms with Gasteiger partial charge in [-0.05, 0) is 19.1 Å². The van der Waals surface area contributed by atoms with Gasteiger partial charge in [0.2, 0.25) is 0 Å². The molecule has 1 aliphatic heterocycles. The molecule has 0 saturated heterocycles. The van der Waals surface area contributed by atoms with E-state index < -0.39 is 0 Å². The van der Waals surface area contributed by atoms with E-state index in [4.69, 9.17) is 18.0 Å². The molecular weight excluding hydrogens is 260 g/mol. The highest BCUT2D eigenvalue weighted by molar-refractivity contribution is 7.80. The molecule has 0 unspecified atom stereocenters. The minimum absolute atomic E-state index is 0.395. The third-order valence-corrected chi connectivity index (χ3v) is 3.42. The SMILES string of the molecule is Cc1cc(C(N)=S)cc(N2CCn3cnnc3C2)n1. The predicted octanol–water partition coefficient (Wildman–Crippen LogP) is 0.636. The monoisotopic (exact) mass is 274 g/mol. The molecule has 0 bridgehead atoms. The van der Waals surface area contributed by atoms with Crippen molar-refractivity contribution < 1.29 is 0 Å². The lowest BCUT2D eigenvalue weighted by Crippen LogP contribution is -2.34. The molecule has 0 aliphatic carbocycles. The topological polar surface area (TPSA) is 72.9 Å². The molecule has 0 fully saturated rings. The van der Waals surface area contributed by atoms with Crippen molar-refractivity contribution in [3.8, 4) is 0 Å². The van der Waals surface area contributed by atoms with Gasteiger partial charge in [-0.3, -0.25) is 0 Å². The zero-order valence-corrected chi connectivity index (χ0v) is 11.4. The molecule has 2 aromatic rings. The van der Waals surface area contributed by atoms with Crippen LogP contribution in [0.2, 0.25) is 0 Å². The number of anilines is 1. The number of nitrogens with two attached hydrogens (primary N) is 1. The quantitative estimate of drug-likeness (QED) is 0.810. The molecule has 3 rings (SSSR count). The summed E-state index contributed by atoms with van der Waals surface area (Å²) in [7, 11) is 0. The fourth-order valence-electron chi connectivity index (χ4n) is 2.22. The molecule has 1 aliphatic rings. The van der Waals surface area contributed by atoms with Crippen LogP contribution in [-0.2, 0) is 13.1 Å². The molecule has 98 valence electrons. The van der Waals surface area contributed by atoms with Crippen molar-refractivity contribution in [1.29, 1.82) is 0 Å². The van der Waals surface area contributed by atoms with Gasteiger partial charge in [0.25, 0.3) is 0 Å². The van der Waals surface area contributed by atoms with Crippen LogP contribution in [-0.4, -0.2) is 31.3 Å². The van der Waals surface area contributed by atoms with E-state index in [1.54, 1.807) is 6.33 Å². The van der Waals surface area contributed by atoms with Crippen molar-refractivity contribution in [2.45, 2.75) is 20.0 Å². The maximum atomic E-state index is 5.70. The van der Waals surface area contributed by atoms with E-state index in [9.17, 15) is 0 Å². The Balaban J connectivity index is 1.93. The van der Waals surface area contributed by atoms with Crippen molar-refractivity contribution in [1.82, 2.24) is 19.7 Å². The summed E-state index contributed by atoms with van der Waals surface area (Å²) in [5.41, 5.74) is 7.46. The molecule has 0 saturated carbocycles. The van der Waals surface area contributed by atoms with Crippen LogP contribution in [0.3, 0.4) is 0 Å². The second-order valence-electron chi connectivity index (χ2n) is 4.58. The van der Waals surface area contributed by atoms with Crippen LogP contribution in [0.4, 0.5) is 5.82 Å². The Kier molecular flexibility index (Phi) is 2.90. The largest absolute Gasteiger partial charge is 0.389 e. The second-order valence-corrected chi connectivity index (χ2v) is 5.02. The van der Waals surface area contributed by atoms with E-state index in [1.807, 2.05) is 19.1 Å². The van der Waals surface area contributed by atoms with Gasteiger partial charge >= 0.3 is 0 Å². The van der Waals surface area contributed by atoms with Crippen molar-refractivity contribution in [3.63, 3.8) is 0 Å². The fourth-order valence-corrected chi connectivity index (χ4v) is 2.34. The van der Waals surface area contributed by atoms with E-state index in [0.717, 1.165) is 36.0 Å². The first-order chi connectivity index (χ1) is 9.13. The second kappa shape index (κ2) is 4.58. The molecular formula is C12H14N6S. The van der Waals surface area contributed by atoms with Crippen molar-refractivity contribution >= 4 is 23.0 Å². The van der Waals surface area contributed by atoms with Gasteiger partial charge in [-0.25, -0.2) is 4.98 Å². The average Bonchev–Trinajstić information content (AvgIpc) is 2.85. The number of nitrogens with zero attached hydrogens (tertiary/aromatic N) is 5. The summed E-state index contributed by atoms with van der Waals surface area (Å²) in [5, 5.41) is 8.03. The van der Waals surface area contributed by atoms with Gasteiger partial charge in [0.05, 0.1) is 6.54 Å². The van der Waals surface area contributed by atoms with Gasteiger partial charge in [0.1, 0.15) is 17.1 Å². The lowest BCUT2D eigenvalue weighted by atomic mass is 10.2. The summed E-state index contributed by atoms with van der Waals surface area (Å²) < 4.78 is 2.06. The van der Waals surface area contributed by atoms with E-state index >= 15 is 0 Å². The number of thiocarbonyl (C=S) groups is 1. The first kappa shape index (κ1) is 12.0. The van der Waals surface area contributed by atoms with Crippen LogP contribution in [0.5, 0.6) is 0 Å². The molecule has 0 aromatic carbocycles. The lowest BCUT2D eigenvalue weighted by molar-refractivity contribution is 0.556. The lowest BCUT2D eigenvalue weighted by Gasteiger charge is -2.28. The third kappa shape index (κ3) is 2.28. The molecule has 0 atom stereocenters. The normalized spacial score (nSPS) is 14.3. The predicted molar refractivity (Wildman–Crippen MR) is 75.9 cm³/mol. The van der Waals surface area contributed by atoms with Crippen LogP contribution in [0.1, 0.15) is 17.1 Å². The average molecular weight is 274 g/mol. The number of aryl methyl sites for hydroxylation is 1. The summed E-state index contributed by atoms with van der Waals surface area (Å²) in [4.78, 5) is 7.11. The molecule has 7 heteroatoms. The van der Waals surface area contributed by atoms with Crippen LogP contribution in [0, 0.1) is 6.92 Å². The van der Waals surface area contributed by atoms with Gasteiger partial charge in [-0.1, -0.05) is 12.2 Å². The highest BCUT2D eigenvalue weighted by atomic mass is 32.1. The molecule has 0 radical (unpaired) electrons. The highest BCUT2D eigenvalue weighted by Gasteiger charge is 2.19. The minimum Gasteiger partial charge on any atom is -0.389 e. The Hall–Kier alpha value is -2.02. The summed E-state index contributed by atoms with van der Waals surface area (Å²) in [6.45, 7) is 4.38. The number of fused-ring (bicyclic) bond motifs is 1. The van der Waals surface area contributed by atoms with Crippen molar-refractivity contribution in [2.75, 3.05) is 11.4 Å². The fraction of sp³-hybridized carbons (Fsp3) is 0.333. The van der Waals surface area contributed by atoms with Crippen LogP contribution < -0.4 is 10.6 Å². The smallest absolute Gasteiger partial charge is 0.152 e. The van der Waals surface area contributed by atoms with E-state index in [1.165, 1.54) is 0 Å². The van der Waals surface area contributed by atoms with E-state index in [-0.39, 0.29) is 0 Å². The van der Waals surface area contributed by atoms with Crippen LogP contribution in [0.15, 0.2) is 18.5 Å². The Morgan fingerprint density at radius 3 is 3.00 bits per heavy atom. The van der Waals surface area contributed by atoms with Gasteiger partial charge in [-0.2, -0.15) is 0 Å². The maximum Gasteiger partial charge on any atom is 0.152 e. The van der Waals surface area contributed by atoms with Gasteiger partial charge in [0.15, 0.2) is 5.82 Å². The molecule has 6 nitrogen and oxygen atoms in total. The number of aromatic nitrogens is 4.